The van der Waals surface area contributed by atoms with E-state index in [0.717, 1.165) is 36.6 Å². The molecular formula is C14H20ClN3. The molecule has 1 aliphatic heterocycles. The van der Waals surface area contributed by atoms with E-state index < -0.39 is 0 Å². The van der Waals surface area contributed by atoms with Crippen molar-refractivity contribution in [3.8, 4) is 0 Å². The molecule has 0 spiro atoms. The molecule has 1 saturated heterocycles. The molecule has 0 aliphatic carbocycles. The van der Waals surface area contributed by atoms with Crippen molar-refractivity contribution in [1.82, 2.24) is 4.90 Å². The molecular weight excluding hydrogens is 246 g/mol. The Kier molecular flexibility index (Phi) is 5.02. The van der Waals surface area contributed by atoms with Gasteiger partial charge in [-0.15, -0.1) is 0 Å². The first-order chi connectivity index (χ1) is 8.78. The Morgan fingerprint density at radius 3 is 2.50 bits per heavy atom. The third-order valence-electron chi connectivity index (χ3n) is 3.16. The second kappa shape index (κ2) is 6.76. The molecule has 4 heteroatoms. The number of halogens is 1. The number of hydrogen-bond acceptors (Lipinski definition) is 3. The summed E-state index contributed by atoms with van der Waals surface area (Å²) in [6, 6.07) is 7.62. The standard InChI is InChI=1S/C14H20ClN3/c1-2-9-18-10-7-14(8-11-18)17-16-13-5-3-12(15)4-6-13/h3-6,16H,2,7-11H2,1H3. The topological polar surface area (TPSA) is 27.6 Å². The van der Waals surface area contributed by atoms with Gasteiger partial charge in [0, 0.05) is 36.7 Å². The molecule has 1 fully saturated rings. The van der Waals surface area contributed by atoms with Gasteiger partial charge < -0.3 is 4.90 Å². The summed E-state index contributed by atoms with van der Waals surface area (Å²) in [4.78, 5) is 2.50. The summed E-state index contributed by atoms with van der Waals surface area (Å²) in [6.45, 7) is 5.70. The van der Waals surface area contributed by atoms with E-state index >= 15 is 0 Å². The Labute approximate surface area is 114 Å². The van der Waals surface area contributed by atoms with Crippen molar-refractivity contribution < 1.29 is 0 Å². The lowest BCUT2D eigenvalue weighted by Gasteiger charge is -2.26. The lowest BCUT2D eigenvalue weighted by molar-refractivity contribution is 0.275. The maximum Gasteiger partial charge on any atom is 0.0562 e. The third-order valence-corrected chi connectivity index (χ3v) is 3.41. The number of hydrogen-bond donors (Lipinski definition) is 1. The van der Waals surface area contributed by atoms with Gasteiger partial charge in [0.1, 0.15) is 0 Å². The molecule has 0 saturated carbocycles. The highest BCUT2D eigenvalue weighted by atomic mass is 35.5. The number of nitrogens with zero attached hydrogens (tertiary/aromatic N) is 2. The number of nitrogens with one attached hydrogen (secondary N) is 1. The number of anilines is 1. The first-order valence-corrected chi connectivity index (χ1v) is 6.95. The van der Waals surface area contributed by atoms with Crippen LogP contribution in [-0.2, 0) is 0 Å². The zero-order valence-corrected chi connectivity index (χ0v) is 11.6. The maximum atomic E-state index is 5.84. The van der Waals surface area contributed by atoms with E-state index in [0.29, 0.717) is 0 Å². The Morgan fingerprint density at radius 1 is 1.22 bits per heavy atom. The summed E-state index contributed by atoms with van der Waals surface area (Å²) in [7, 11) is 0. The van der Waals surface area contributed by atoms with Crippen molar-refractivity contribution in [3.05, 3.63) is 29.3 Å². The van der Waals surface area contributed by atoms with Crippen LogP contribution in [-0.4, -0.2) is 30.2 Å². The third kappa shape index (κ3) is 4.00. The Morgan fingerprint density at radius 2 is 1.89 bits per heavy atom. The summed E-state index contributed by atoms with van der Waals surface area (Å²) >= 11 is 5.84. The fourth-order valence-electron chi connectivity index (χ4n) is 2.13. The quantitative estimate of drug-likeness (QED) is 0.842. The predicted molar refractivity (Wildman–Crippen MR) is 78.5 cm³/mol. The average Bonchev–Trinajstić information content (AvgIpc) is 2.40. The minimum atomic E-state index is 0.751. The van der Waals surface area contributed by atoms with Crippen molar-refractivity contribution in [2.45, 2.75) is 26.2 Å². The zero-order valence-electron chi connectivity index (χ0n) is 10.8. The number of piperidine rings is 1. The maximum absolute atomic E-state index is 5.84. The van der Waals surface area contributed by atoms with Crippen LogP contribution in [0.2, 0.25) is 5.02 Å². The van der Waals surface area contributed by atoms with E-state index in [9.17, 15) is 0 Å². The smallest absolute Gasteiger partial charge is 0.0562 e. The van der Waals surface area contributed by atoms with Crippen LogP contribution in [0, 0.1) is 0 Å². The van der Waals surface area contributed by atoms with Crippen LogP contribution in [0.15, 0.2) is 29.4 Å². The van der Waals surface area contributed by atoms with Gasteiger partial charge in [-0.2, -0.15) is 5.10 Å². The fraction of sp³-hybridized carbons (Fsp3) is 0.500. The SMILES string of the molecule is CCCN1CCC(=NNc2ccc(Cl)cc2)CC1. The Balaban J connectivity index is 1.82. The monoisotopic (exact) mass is 265 g/mol. The summed E-state index contributed by atoms with van der Waals surface area (Å²) < 4.78 is 0. The first kappa shape index (κ1) is 13.4. The van der Waals surface area contributed by atoms with Crippen molar-refractivity contribution in [1.29, 1.82) is 0 Å². The van der Waals surface area contributed by atoms with Crippen LogP contribution in [0.5, 0.6) is 0 Å². The molecule has 0 atom stereocenters. The number of rotatable bonds is 4. The van der Waals surface area contributed by atoms with Crippen molar-refractivity contribution in [2.75, 3.05) is 25.1 Å². The second-order valence-electron chi connectivity index (χ2n) is 4.64. The van der Waals surface area contributed by atoms with E-state index in [1.54, 1.807) is 0 Å². The number of benzene rings is 1. The Bertz CT molecular complexity index is 390. The highest BCUT2D eigenvalue weighted by Crippen LogP contribution is 2.14. The van der Waals surface area contributed by atoms with E-state index in [4.69, 9.17) is 11.6 Å². The van der Waals surface area contributed by atoms with Gasteiger partial charge in [0.15, 0.2) is 0 Å². The molecule has 0 aromatic heterocycles. The summed E-state index contributed by atoms with van der Waals surface area (Å²) in [5.41, 5.74) is 5.35. The molecule has 1 heterocycles. The highest BCUT2D eigenvalue weighted by molar-refractivity contribution is 6.30. The minimum absolute atomic E-state index is 0.751. The zero-order chi connectivity index (χ0) is 12.8. The van der Waals surface area contributed by atoms with Gasteiger partial charge in [-0.05, 0) is 37.2 Å². The molecule has 1 N–H and O–H groups in total. The highest BCUT2D eigenvalue weighted by Gasteiger charge is 2.13. The molecule has 98 valence electrons. The molecule has 18 heavy (non-hydrogen) atoms. The normalized spacial score (nSPS) is 16.7. The van der Waals surface area contributed by atoms with Crippen LogP contribution in [0.3, 0.4) is 0 Å². The van der Waals surface area contributed by atoms with Gasteiger partial charge >= 0.3 is 0 Å². The van der Waals surface area contributed by atoms with Gasteiger partial charge in [0.2, 0.25) is 0 Å². The van der Waals surface area contributed by atoms with E-state index in [1.165, 1.54) is 18.7 Å². The predicted octanol–water partition coefficient (Wildman–Crippen LogP) is 3.61. The molecule has 0 unspecified atom stereocenters. The second-order valence-corrected chi connectivity index (χ2v) is 5.07. The van der Waals surface area contributed by atoms with Gasteiger partial charge in [-0.1, -0.05) is 18.5 Å². The fourth-order valence-corrected chi connectivity index (χ4v) is 2.26. The molecule has 1 aliphatic rings. The van der Waals surface area contributed by atoms with Gasteiger partial charge in [-0.25, -0.2) is 0 Å². The van der Waals surface area contributed by atoms with E-state index in [1.807, 2.05) is 24.3 Å². The van der Waals surface area contributed by atoms with E-state index in [-0.39, 0.29) is 0 Å². The van der Waals surface area contributed by atoms with Crippen molar-refractivity contribution >= 4 is 23.0 Å². The average molecular weight is 266 g/mol. The van der Waals surface area contributed by atoms with Gasteiger partial charge in [0.05, 0.1) is 5.69 Å². The lowest BCUT2D eigenvalue weighted by Crippen LogP contribution is -2.34. The molecule has 1 aromatic rings. The molecule has 2 rings (SSSR count). The van der Waals surface area contributed by atoms with E-state index in [2.05, 4.69) is 22.4 Å². The van der Waals surface area contributed by atoms with Crippen LogP contribution < -0.4 is 5.43 Å². The molecule has 0 bridgehead atoms. The van der Waals surface area contributed by atoms with Crippen molar-refractivity contribution in [2.24, 2.45) is 5.10 Å². The van der Waals surface area contributed by atoms with Crippen LogP contribution >= 0.6 is 11.6 Å². The minimum Gasteiger partial charge on any atom is -0.303 e. The van der Waals surface area contributed by atoms with Crippen molar-refractivity contribution in [3.63, 3.8) is 0 Å². The van der Waals surface area contributed by atoms with Crippen LogP contribution in [0.25, 0.3) is 0 Å². The summed E-state index contributed by atoms with van der Waals surface area (Å²) in [5.74, 6) is 0. The molecule has 1 aromatic carbocycles. The largest absolute Gasteiger partial charge is 0.303 e. The molecule has 3 nitrogen and oxygen atoms in total. The van der Waals surface area contributed by atoms with Crippen LogP contribution in [0.1, 0.15) is 26.2 Å². The lowest BCUT2D eigenvalue weighted by atomic mass is 10.1. The summed E-state index contributed by atoms with van der Waals surface area (Å²) in [6.07, 6.45) is 3.37. The van der Waals surface area contributed by atoms with Crippen LogP contribution in [0.4, 0.5) is 5.69 Å². The summed E-state index contributed by atoms with van der Waals surface area (Å²) in [5, 5.41) is 5.23. The first-order valence-electron chi connectivity index (χ1n) is 6.57. The Hall–Kier alpha value is -1.06. The molecule has 0 amide bonds. The van der Waals surface area contributed by atoms with Gasteiger partial charge in [0.25, 0.3) is 0 Å². The van der Waals surface area contributed by atoms with Gasteiger partial charge in [-0.3, -0.25) is 5.43 Å². The number of likely N-dealkylation sites (tertiary alicyclic amines) is 1. The number of hydrazone groups is 1. The molecule has 0 radical (unpaired) electrons.